The van der Waals surface area contributed by atoms with Crippen molar-refractivity contribution < 1.29 is 4.79 Å². The first-order chi connectivity index (χ1) is 13.2. The summed E-state index contributed by atoms with van der Waals surface area (Å²) >= 11 is 0. The maximum Gasteiger partial charge on any atom is 0.185 e. The van der Waals surface area contributed by atoms with Crippen molar-refractivity contribution >= 4 is 29.3 Å². The molecule has 0 atom stereocenters. The zero-order valence-corrected chi connectivity index (χ0v) is 14.6. The van der Waals surface area contributed by atoms with Gasteiger partial charge in [0.15, 0.2) is 5.78 Å². The van der Waals surface area contributed by atoms with Gasteiger partial charge in [0, 0.05) is 11.1 Å². The van der Waals surface area contributed by atoms with E-state index in [9.17, 15) is 4.79 Å². The molecule has 0 radical (unpaired) electrons. The van der Waals surface area contributed by atoms with E-state index in [0.29, 0.717) is 11.4 Å². The van der Waals surface area contributed by atoms with E-state index in [2.05, 4.69) is 21.3 Å². The van der Waals surface area contributed by atoms with Crippen LogP contribution in [0.5, 0.6) is 0 Å². The summed E-state index contributed by atoms with van der Waals surface area (Å²) < 4.78 is 0. The summed E-state index contributed by atoms with van der Waals surface area (Å²) in [6.45, 7) is 0. The van der Waals surface area contributed by atoms with Crippen LogP contribution < -0.4 is 10.9 Å². The SMILES string of the molecule is [N-]=NNc1ccc(/C=C2\CCC/C(=C\c3ccc(NN=[N-])cc3)C2=O)cc1. The Hall–Kier alpha value is -3.61. The third-order valence-corrected chi connectivity index (χ3v) is 4.34. The van der Waals surface area contributed by atoms with Crippen molar-refractivity contribution in [3.05, 3.63) is 81.9 Å². The standard InChI is InChI=1S/C20H18N6O/c21-25-23-18-8-4-14(5-9-18)12-16-2-1-3-17(20(16)27)13-15-6-10-19(11-7-15)24-26-22/h4-13H,1-3H2,(H2-2,21,22,23,24,27)/q-2. The van der Waals surface area contributed by atoms with Gasteiger partial charge < -0.3 is 21.9 Å². The minimum absolute atomic E-state index is 0.0707. The molecule has 136 valence electrons. The summed E-state index contributed by atoms with van der Waals surface area (Å²) in [4.78, 5) is 12.8. The van der Waals surface area contributed by atoms with E-state index in [-0.39, 0.29) is 5.78 Å². The number of Topliss-reactive ketones (excluding diaryl/α,β-unsaturated/α-hetero) is 1. The van der Waals surface area contributed by atoms with Crippen LogP contribution in [0.2, 0.25) is 0 Å². The molecule has 0 aliphatic heterocycles. The molecule has 1 aliphatic rings. The summed E-state index contributed by atoms with van der Waals surface area (Å²) in [6, 6.07) is 14.6. The molecule has 2 aromatic rings. The van der Waals surface area contributed by atoms with E-state index < -0.39 is 0 Å². The number of nitrogens with zero attached hydrogens (tertiary/aromatic N) is 4. The molecule has 0 heterocycles. The van der Waals surface area contributed by atoms with Gasteiger partial charge in [0.25, 0.3) is 0 Å². The van der Waals surface area contributed by atoms with Crippen LogP contribution in [0.25, 0.3) is 23.2 Å². The summed E-state index contributed by atoms with van der Waals surface area (Å²) in [5.41, 5.74) is 26.7. The van der Waals surface area contributed by atoms with Gasteiger partial charge in [-0.25, -0.2) is 0 Å². The third kappa shape index (κ3) is 4.72. The maximum atomic E-state index is 12.8. The molecule has 0 unspecified atom stereocenters. The van der Waals surface area contributed by atoms with Crippen molar-refractivity contribution in [3.8, 4) is 0 Å². The Morgan fingerprint density at radius 3 is 1.52 bits per heavy atom. The number of allylic oxidation sites excluding steroid dienone is 2. The molecule has 0 amide bonds. The van der Waals surface area contributed by atoms with Crippen LogP contribution in [0, 0.1) is 0 Å². The molecule has 0 bridgehead atoms. The van der Waals surface area contributed by atoms with Crippen LogP contribution in [0.1, 0.15) is 30.4 Å². The number of carbonyl (C=O) groups is 1. The second-order valence-corrected chi connectivity index (χ2v) is 6.19. The monoisotopic (exact) mass is 358 g/mol. The van der Waals surface area contributed by atoms with Gasteiger partial charge in [0.1, 0.15) is 0 Å². The molecule has 0 aromatic heterocycles. The first-order valence-corrected chi connectivity index (χ1v) is 8.56. The smallest absolute Gasteiger partial charge is 0.185 e. The second kappa shape index (κ2) is 8.66. The summed E-state index contributed by atoms with van der Waals surface area (Å²) in [7, 11) is 0. The van der Waals surface area contributed by atoms with E-state index >= 15 is 0 Å². The van der Waals surface area contributed by atoms with Gasteiger partial charge in [-0.05, 0) is 53.9 Å². The molecule has 1 fully saturated rings. The highest BCUT2D eigenvalue weighted by molar-refractivity contribution is 6.14. The topological polar surface area (TPSA) is 110 Å². The molecule has 0 saturated heterocycles. The second-order valence-electron chi connectivity index (χ2n) is 6.19. The Morgan fingerprint density at radius 1 is 0.741 bits per heavy atom. The highest BCUT2D eigenvalue weighted by Gasteiger charge is 2.20. The van der Waals surface area contributed by atoms with Gasteiger partial charge in [-0.2, -0.15) is 0 Å². The first kappa shape index (κ1) is 18.2. The molecular weight excluding hydrogens is 340 g/mol. The maximum absolute atomic E-state index is 12.8. The van der Waals surface area contributed by atoms with Gasteiger partial charge in [0.2, 0.25) is 0 Å². The number of hydrogen-bond acceptors (Lipinski definition) is 3. The molecule has 1 aliphatic carbocycles. The van der Waals surface area contributed by atoms with E-state index in [1.165, 1.54) is 0 Å². The fraction of sp³-hybridized carbons (Fsp3) is 0.150. The van der Waals surface area contributed by atoms with Crippen LogP contribution in [0.15, 0.2) is 70.1 Å². The molecule has 2 N–H and O–H groups in total. The van der Waals surface area contributed by atoms with Gasteiger partial charge in [0.05, 0.1) is 0 Å². The lowest BCUT2D eigenvalue weighted by atomic mass is 9.87. The Balaban J connectivity index is 1.78. The van der Waals surface area contributed by atoms with E-state index in [1.54, 1.807) is 24.3 Å². The lowest BCUT2D eigenvalue weighted by Gasteiger charge is -2.17. The number of benzene rings is 2. The first-order valence-electron chi connectivity index (χ1n) is 8.56. The number of carbonyl (C=O) groups excluding carboxylic acids is 1. The Labute approximate surface area is 157 Å². The minimum atomic E-state index is 0.0707. The predicted molar refractivity (Wildman–Crippen MR) is 107 cm³/mol. The fourth-order valence-corrected chi connectivity index (χ4v) is 3.00. The predicted octanol–water partition coefficient (Wildman–Crippen LogP) is 5.60. The largest absolute Gasteiger partial charge is 0.387 e. The number of rotatable bonds is 6. The zero-order valence-electron chi connectivity index (χ0n) is 14.6. The van der Waals surface area contributed by atoms with Gasteiger partial charge in [-0.15, -0.1) is 0 Å². The fourth-order valence-electron chi connectivity index (χ4n) is 3.00. The number of anilines is 2. The van der Waals surface area contributed by atoms with Crippen LogP contribution in [-0.2, 0) is 4.79 Å². The molecule has 1 saturated carbocycles. The lowest BCUT2D eigenvalue weighted by molar-refractivity contribution is -0.112. The Bertz CT molecular complexity index is 824. The van der Waals surface area contributed by atoms with Crippen molar-refractivity contribution in [1.82, 2.24) is 0 Å². The average Bonchev–Trinajstić information content (AvgIpc) is 2.68. The highest BCUT2D eigenvalue weighted by Crippen LogP contribution is 2.28. The summed E-state index contributed by atoms with van der Waals surface area (Å²) in [5, 5.41) is 5.76. The van der Waals surface area contributed by atoms with Crippen molar-refractivity contribution in [1.29, 1.82) is 0 Å². The van der Waals surface area contributed by atoms with Crippen LogP contribution >= 0.6 is 0 Å². The van der Waals surface area contributed by atoms with Crippen molar-refractivity contribution in [2.75, 3.05) is 10.9 Å². The summed E-state index contributed by atoms with van der Waals surface area (Å²) in [5.74, 6) is 0.0707. The normalized spacial score (nSPS) is 17.0. The van der Waals surface area contributed by atoms with Crippen LogP contribution in [-0.4, -0.2) is 5.78 Å². The molecule has 3 rings (SSSR count). The molecule has 7 nitrogen and oxygen atoms in total. The number of hydrogen-bond donors (Lipinski definition) is 2. The number of ketones is 1. The zero-order chi connectivity index (χ0) is 19.1. The third-order valence-electron chi connectivity index (χ3n) is 4.34. The van der Waals surface area contributed by atoms with Crippen LogP contribution in [0.3, 0.4) is 0 Å². The molecular formula is C20H18N6O-2. The van der Waals surface area contributed by atoms with Crippen LogP contribution in [0.4, 0.5) is 11.4 Å². The lowest BCUT2D eigenvalue weighted by Crippen LogP contribution is -2.12. The van der Waals surface area contributed by atoms with Crippen molar-refractivity contribution in [3.63, 3.8) is 0 Å². The van der Waals surface area contributed by atoms with Gasteiger partial charge >= 0.3 is 0 Å². The van der Waals surface area contributed by atoms with E-state index in [0.717, 1.165) is 41.5 Å². The molecule has 2 aromatic carbocycles. The van der Waals surface area contributed by atoms with Crippen molar-refractivity contribution in [2.24, 2.45) is 10.4 Å². The highest BCUT2D eigenvalue weighted by atomic mass is 16.1. The van der Waals surface area contributed by atoms with Crippen molar-refractivity contribution in [2.45, 2.75) is 19.3 Å². The molecule has 27 heavy (non-hydrogen) atoms. The quantitative estimate of drug-likeness (QED) is 0.398. The molecule has 7 heteroatoms. The summed E-state index contributed by atoms with van der Waals surface area (Å²) in [6.07, 6.45) is 6.25. The van der Waals surface area contributed by atoms with Gasteiger partial charge in [-0.3, -0.25) is 15.2 Å². The number of nitrogens with one attached hydrogen (secondary N) is 2. The van der Waals surface area contributed by atoms with Gasteiger partial charge in [-0.1, -0.05) is 48.5 Å². The minimum Gasteiger partial charge on any atom is -0.387 e. The van der Waals surface area contributed by atoms with E-state index in [1.807, 2.05) is 36.4 Å². The van der Waals surface area contributed by atoms with E-state index in [4.69, 9.17) is 11.1 Å². The Morgan fingerprint density at radius 2 is 1.15 bits per heavy atom. The Kier molecular flexibility index (Phi) is 5.84. The average molecular weight is 358 g/mol. The molecule has 0 spiro atoms.